The fourth-order valence-corrected chi connectivity index (χ4v) is 2.04. The van der Waals surface area contributed by atoms with Gasteiger partial charge in [-0.3, -0.25) is 0 Å². The minimum absolute atomic E-state index is 0.266. The maximum atomic E-state index is 5.54. The van der Waals surface area contributed by atoms with Crippen molar-refractivity contribution in [1.29, 1.82) is 0 Å². The molecule has 0 radical (unpaired) electrons. The lowest BCUT2D eigenvalue weighted by atomic mass is 10.4. The van der Waals surface area contributed by atoms with Gasteiger partial charge in [-0.2, -0.15) is 11.8 Å². The van der Waals surface area contributed by atoms with E-state index in [4.69, 9.17) is 16.0 Å². The van der Waals surface area contributed by atoms with Crippen LogP contribution in [0.2, 0.25) is 0 Å². The molecule has 78 valence electrons. The summed E-state index contributed by atoms with van der Waals surface area (Å²) in [6.45, 7) is 0.887. The zero-order valence-corrected chi connectivity index (χ0v) is 9.49. The summed E-state index contributed by atoms with van der Waals surface area (Å²) in [6, 6.07) is 0.473. The molecular weight excluding hydrogens is 222 g/mol. The lowest BCUT2D eigenvalue weighted by Gasteiger charge is -2.10. The van der Waals surface area contributed by atoms with Gasteiger partial charge < -0.3 is 9.73 Å². The summed E-state index contributed by atoms with van der Waals surface area (Å²) in [4.78, 5) is 0. The molecule has 0 aromatic carbocycles. The highest BCUT2D eigenvalue weighted by atomic mass is 35.5. The summed E-state index contributed by atoms with van der Waals surface area (Å²) in [5.41, 5.74) is 0. The van der Waals surface area contributed by atoms with Gasteiger partial charge in [0.05, 0.1) is 0 Å². The highest BCUT2D eigenvalue weighted by Gasteiger charge is 2.41. The Morgan fingerprint density at radius 2 is 2.36 bits per heavy atom. The Hall–Kier alpha value is -0.420. The largest absolute Gasteiger partial charge is 0.407 e. The fraction of sp³-hybridized carbons (Fsp3) is 0.750. The Bertz CT molecular complexity index is 313. The van der Waals surface area contributed by atoms with Crippen LogP contribution in [0.5, 0.6) is 0 Å². The second-order valence-corrected chi connectivity index (χ2v) is 4.92. The van der Waals surface area contributed by atoms with Crippen molar-refractivity contribution in [3.8, 4) is 0 Å². The van der Waals surface area contributed by atoms with Gasteiger partial charge in [0.1, 0.15) is 5.88 Å². The predicted octanol–water partition coefficient (Wildman–Crippen LogP) is 2.12. The van der Waals surface area contributed by atoms with Crippen molar-refractivity contribution in [2.45, 2.75) is 23.5 Å². The molecule has 0 unspecified atom stereocenters. The van der Waals surface area contributed by atoms with E-state index >= 15 is 0 Å². The quantitative estimate of drug-likeness (QED) is 0.790. The molecule has 6 heteroatoms. The monoisotopic (exact) mass is 233 g/mol. The number of halogens is 1. The number of rotatable bonds is 5. The first-order chi connectivity index (χ1) is 6.78. The Morgan fingerprint density at radius 3 is 2.86 bits per heavy atom. The topological polar surface area (TPSA) is 51.0 Å². The number of alkyl halides is 1. The van der Waals surface area contributed by atoms with E-state index in [1.54, 1.807) is 0 Å². The second-order valence-electron chi connectivity index (χ2n) is 3.38. The minimum atomic E-state index is 0.266. The predicted molar refractivity (Wildman–Crippen MR) is 57.8 cm³/mol. The fourth-order valence-electron chi connectivity index (χ4n) is 1.21. The van der Waals surface area contributed by atoms with Crippen molar-refractivity contribution < 1.29 is 4.42 Å². The van der Waals surface area contributed by atoms with Gasteiger partial charge in [-0.25, -0.2) is 0 Å². The molecule has 0 amide bonds. The molecule has 14 heavy (non-hydrogen) atoms. The molecule has 2 rings (SSSR count). The third-order valence-corrected chi connectivity index (χ3v) is 4.03. The van der Waals surface area contributed by atoms with Crippen LogP contribution in [0.15, 0.2) is 4.42 Å². The van der Waals surface area contributed by atoms with Crippen molar-refractivity contribution in [1.82, 2.24) is 10.2 Å². The van der Waals surface area contributed by atoms with Crippen LogP contribution in [-0.2, 0) is 5.88 Å². The van der Waals surface area contributed by atoms with Crippen LogP contribution in [0.1, 0.15) is 18.7 Å². The molecule has 0 atom stereocenters. The number of nitrogens with one attached hydrogen (secondary N) is 1. The Labute approximate surface area is 91.8 Å². The minimum Gasteiger partial charge on any atom is -0.407 e. The number of hydrogen-bond donors (Lipinski definition) is 1. The number of anilines is 1. The van der Waals surface area contributed by atoms with Crippen molar-refractivity contribution >= 4 is 29.4 Å². The third-order valence-electron chi connectivity index (χ3n) is 2.38. The zero-order valence-electron chi connectivity index (χ0n) is 7.92. The van der Waals surface area contributed by atoms with E-state index in [2.05, 4.69) is 21.8 Å². The molecule has 1 saturated carbocycles. The van der Waals surface area contributed by atoms with E-state index < -0.39 is 0 Å². The van der Waals surface area contributed by atoms with E-state index in [1.807, 2.05) is 11.8 Å². The molecule has 1 aliphatic carbocycles. The zero-order chi connectivity index (χ0) is 10.0. The Kier molecular flexibility index (Phi) is 2.88. The first-order valence-electron chi connectivity index (χ1n) is 4.45. The van der Waals surface area contributed by atoms with Gasteiger partial charge in [0.2, 0.25) is 5.89 Å². The van der Waals surface area contributed by atoms with Crippen molar-refractivity contribution in [3.63, 3.8) is 0 Å². The smallest absolute Gasteiger partial charge is 0.315 e. The summed E-state index contributed by atoms with van der Waals surface area (Å²) >= 11 is 7.43. The van der Waals surface area contributed by atoms with Crippen LogP contribution in [0.25, 0.3) is 0 Å². The van der Waals surface area contributed by atoms with Crippen LogP contribution < -0.4 is 5.32 Å². The molecule has 1 N–H and O–H groups in total. The number of hydrogen-bond acceptors (Lipinski definition) is 5. The number of nitrogens with zero attached hydrogens (tertiary/aromatic N) is 2. The van der Waals surface area contributed by atoms with Gasteiger partial charge in [0.25, 0.3) is 0 Å². The van der Waals surface area contributed by atoms with Gasteiger partial charge in [-0.15, -0.1) is 16.7 Å². The van der Waals surface area contributed by atoms with Crippen LogP contribution in [0.4, 0.5) is 6.01 Å². The van der Waals surface area contributed by atoms with Gasteiger partial charge >= 0.3 is 6.01 Å². The summed E-state index contributed by atoms with van der Waals surface area (Å²) in [6.07, 6.45) is 4.65. The molecule has 1 heterocycles. The highest BCUT2D eigenvalue weighted by Crippen LogP contribution is 2.46. The van der Waals surface area contributed by atoms with Gasteiger partial charge in [0.15, 0.2) is 0 Å². The molecule has 4 nitrogen and oxygen atoms in total. The van der Waals surface area contributed by atoms with E-state index in [0.717, 1.165) is 6.54 Å². The Morgan fingerprint density at radius 1 is 1.57 bits per heavy atom. The SMILES string of the molecule is CSC1(CNc2nnc(CCl)o2)CC1. The lowest BCUT2D eigenvalue weighted by molar-refractivity contribution is 0.525. The molecule has 0 saturated heterocycles. The van der Waals surface area contributed by atoms with E-state index in [-0.39, 0.29) is 5.88 Å². The van der Waals surface area contributed by atoms with Crippen molar-refractivity contribution in [3.05, 3.63) is 5.89 Å². The average Bonchev–Trinajstić information content (AvgIpc) is 2.86. The van der Waals surface area contributed by atoms with Crippen LogP contribution in [0.3, 0.4) is 0 Å². The first-order valence-corrected chi connectivity index (χ1v) is 6.21. The second kappa shape index (κ2) is 3.98. The van der Waals surface area contributed by atoms with Gasteiger partial charge in [-0.05, 0) is 19.1 Å². The van der Waals surface area contributed by atoms with Crippen molar-refractivity contribution in [2.24, 2.45) is 0 Å². The standard InChI is InChI=1S/C8H12ClN3OS/c1-14-8(2-3-8)5-10-7-12-11-6(4-9)13-7/h2-5H2,1H3,(H,10,12). The van der Waals surface area contributed by atoms with Crippen molar-refractivity contribution in [2.75, 3.05) is 18.1 Å². The maximum absolute atomic E-state index is 5.54. The molecule has 1 aromatic heterocycles. The summed E-state index contributed by atoms with van der Waals surface area (Å²) in [5, 5.41) is 10.7. The van der Waals surface area contributed by atoms with Gasteiger partial charge in [0, 0.05) is 11.3 Å². The average molecular weight is 234 g/mol. The summed E-state index contributed by atoms with van der Waals surface area (Å²) in [5.74, 6) is 0.727. The third kappa shape index (κ3) is 2.15. The van der Waals surface area contributed by atoms with E-state index in [9.17, 15) is 0 Å². The first kappa shape index (κ1) is 10.1. The number of thioether (sulfide) groups is 1. The Balaban J connectivity index is 1.85. The summed E-state index contributed by atoms with van der Waals surface area (Å²) < 4.78 is 5.62. The van der Waals surface area contributed by atoms with Crippen LogP contribution in [-0.4, -0.2) is 27.7 Å². The molecule has 0 spiro atoms. The molecule has 1 fully saturated rings. The molecule has 1 aliphatic rings. The molecule has 0 bridgehead atoms. The van der Waals surface area contributed by atoms with Gasteiger partial charge in [-0.1, -0.05) is 5.10 Å². The van der Waals surface area contributed by atoms with E-state index in [1.165, 1.54) is 12.8 Å². The van der Waals surface area contributed by atoms with Crippen LogP contribution in [0, 0.1) is 0 Å². The highest BCUT2D eigenvalue weighted by molar-refractivity contribution is 8.00. The maximum Gasteiger partial charge on any atom is 0.315 e. The molecule has 1 aromatic rings. The number of aromatic nitrogens is 2. The molecular formula is C8H12ClN3OS. The molecule has 0 aliphatic heterocycles. The van der Waals surface area contributed by atoms with E-state index in [0.29, 0.717) is 16.7 Å². The van der Waals surface area contributed by atoms with Crippen LogP contribution >= 0.6 is 23.4 Å². The summed E-state index contributed by atoms with van der Waals surface area (Å²) in [7, 11) is 0. The lowest BCUT2D eigenvalue weighted by Crippen LogP contribution is -2.17. The normalized spacial score (nSPS) is 18.1.